The summed E-state index contributed by atoms with van der Waals surface area (Å²) in [7, 11) is 0. The second-order valence-electron chi connectivity index (χ2n) is 7.57. The lowest BCUT2D eigenvalue weighted by molar-refractivity contribution is 0.0519. The molecule has 1 aliphatic carbocycles. The Labute approximate surface area is 162 Å². The van der Waals surface area contributed by atoms with Crippen LogP contribution in [-0.2, 0) is 11.3 Å². The van der Waals surface area contributed by atoms with Gasteiger partial charge in [-0.15, -0.1) is 11.3 Å². The van der Waals surface area contributed by atoms with Crippen LogP contribution in [0.2, 0.25) is 0 Å². The highest BCUT2D eigenvalue weighted by molar-refractivity contribution is 7.11. The van der Waals surface area contributed by atoms with E-state index in [1.54, 1.807) is 6.07 Å². The van der Waals surface area contributed by atoms with Crippen molar-refractivity contribution in [2.75, 3.05) is 0 Å². The predicted octanol–water partition coefficient (Wildman–Crippen LogP) is 4.78. The third-order valence-electron chi connectivity index (χ3n) is 4.70. The quantitative estimate of drug-likeness (QED) is 0.486. The molecular weight excluding hydrogens is 358 g/mol. The minimum atomic E-state index is -0.421. The van der Waals surface area contributed by atoms with Crippen molar-refractivity contribution in [3.63, 3.8) is 0 Å². The minimum Gasteiger partial charge on any atom is -0.312 e. The van der Waals surface area contributed by atoms with E-state index < -0.39 is 5.97 Å². The SMILES string of the molecule is Cc1nn(-c2ccccc2)c2c1/C(=N/OC(=O)c1cccs1)CC(C)(C)C2. The minimum absolute atomic E-state index is 0.000175. The smallest absolute Gasteiger partial charge is 0.312 e. The zero-order valence-corrected chi connectivity index (χ0v) is 16.4. The van der Waals surface area contributed by atoms with Crippen molar-refractivity contribution in [1.29, 1.82) is 0 Å². The standard InChI is InChI=1S/C21H21N3O2S/c1-14-19-16(23-26-20(25)18-10-7-11-27-18)12-21(2,3)13-17(19)24(22-14)15-8-5-4-6-9-15/h4-11H,12-13H2,1-3H3/b23-16+. The van der Waals surface area contributed by atoms with Crippen molar-refractivity contribution in [2.24, 2.45) is 10.6 Å². The van der Waals surface area contributed by atoms with Crippen LogP contribution in [0.25, 0.3) is 5.69 Å². The number of fused-ring (bicyclic) bond motifs is 1. The number of rotatable bonds is 3. The Balaban J connectivity index is 1.75. The summed E-state index contributed by atoms with van der Waals surface area (Å²) in [5, 5.41) is 10.9. The van der Waals surface area contributed by atoms with Gasteiger partial charge in [0.05, 0.1) is 22.8 Å². The third-order valence-corrected chi connectivity index (χ3v) is 5.55. The molecule has 0 saturated heterocycles. The van der Waals surface area contributed by atoms with Crippen LogP contribution in [0.1, 0.15) is 46.9 Å². The number of aromatic nitrogens is 2. The Morgan fingerprint density at radius 2 is 1.96 bits per heavy atom. The van der Waals surface area contributed by atoms with Gasteiger partial charge >= 0.3 is 5.97 Å². The van der Waals surface area contributed by atoms with Crippen LogP contribution in [-0.4, -0.2) is 21.5 Å². The van der Waals surface area contributed by atoms with E-state index in [1.807, 2.05) is 53.4 Å². The van der Waals surface area contributed by atoms with E-state index >= 15 is 0 Å². The maximum atomic E-state index is 12.2. The number of para-hydroxylation sites is 1. The van der Waals surface area contributed by atoms with Crippen molar-refractivity contribution in [3.8, 4) is 5.69 Å². The zero-order valence-electron chi connectivity index (χ0n) is 15.6. The van der Waals surface area contributed by atoms with Crippen molar-refractivity contribution in [2.45, 2.75) is 33.6 Å². The molecule has 0 unspecified atom stereocenters. The molecule has 0 fully saturated rings. The Kier molecular flexibility index (Phi) is 4.44. The Morgan fingerprint density at radius 3 is 2.67 bits per heavy atom. The second-order valence-corrected chi connectivity index (χ2v) is 8.51. The third kappa shape index (κ3) is 3.45. The summed E-state index contributed by atoms with van der Waals surface area (Å²) in [6.45, 7) is 6.38. The largest absolute Gasteiger partial charge is 0.375 e. The van der Waals surface area contributed by atoms with Gasteiger partial charge in [-0.3, -0.25) is 0 Å². The maximum absolute atomic E-state index is 12.2. The Hall–Kier alpha value is -2.73. The summed E-state index contributed by atoms with van der Waals surface area (Å²) in [4.78, 5) is 18.0. The Bertz CT molecular complexity index is 1000. The van der Waals surface area contributed by atoms with E-state index in [0.717, 1.165) is 41.2 Å². The zero-order chi connectivity index (χ0) is 19.0. The van der Waals surface area contributed by atoms with Gasteiger partial charge in [-0.25, -0.2) is 9.48 Å². The lowest BCUT2D eigenvalue weighted by atomic mass is 9.75. The van der Waals surface area contributed by atoms with Crippen LogP contribution < -0.4 is 0 Å². The number of carbonyl (C=O) groups is 1. The molecule has 0 spiro atoms. The van der Waals surface area contributed by atoms with E-state index in [1.165, 1.54) is 11.3 Å². The molecule has 0 aliphatic heterocycles. The first kappa shape index (κ1) is 17.7. The molecule has 0 N–H and O–H groups in total. The van der Waals surface area contributed by atoms with Gasteiger partial charge < -0.3 is 4.84 Å². The highest BCUT2D eigenvalue weighted by Gasteiger charge is 2.35. The molecule has 138 valence electrons. The van der Waals surface area contributed by atoms with Crippen LogP contribution in [0.3, 0.4) is 0 Å². The fourth-order valence-corrected chi connectivity index (χ4v) is 4.16. The van der Waals surface area contributed by atoms with Crippen molar-refractivity contribution in [3.05, 3.63) is 69.7 Å². The number of carbonyl (C=O) groups excluding carboxylic acids is 1. The summed E-state index contributed by atoms with van der Waals surface area (Å²) >= 11 is 1.35. The molecule has 0 atom stereocenters. The van der Waals surface area contributed by atoms with E-state index in [0.29, 0.717) is 4.88 Å². The number of hydrogen-bond acceptors (Lipinski definition) is 5. The van der Waals surface area contributed by atoms with Crippen molar-refractivity contribution < 1.29 is 9.63 Å². The molecule has 1 aliphatic rings. The molecule has 1 aromatic carbocycles. The molecule has 27 heavy (non-hydrogen) atoms. The summed E-state index contributed by atoms with van der Waals surface area (Å²) in [5.41, 5.74) is 4.81. The molecule has 0 radical (unpaired) electrons. The molecule has 6 heteroatoms. The molecule has 4 rings (SSSR count). The normalized spacial score (nSPS) is 16.9. The number of hydrogen-bond donors (Lipinski definition) is 0. The van der Waals surface area contributed by atoms with Crippen molar-refractivity contribution >= 4 is 23.0 Å². The molecule has 2 heterocycles. The van der Waals surface area contributed by atoms with Crippen molar-refractivity contribution in [1.82, 2.24) is 9.78 Å². The highest BCUT2D eigenvalue weighted by atomic mass is 32.1. The predicted molar refractivity (Wildman–Crippen MR) is 107 cm³/mol. The van der Waals surface area contributed by atoms with Gasteiger partial charge in [0.1, 0.15) is 4.88 Å². The van der Waals surface area contributed by atoms with Gasteiger partial charge in [0.2, 0.25) is 0 Å². The highest BCUT2D eigenvalue weighted by Crippen LogP contribution is 2.37. The van der Waals surface area contributed by atoms with Gasteiger partial charge in [-0.05, 0) is 48.8 Å². The van der Waals surface area contributed by atoms with Gasteiger partial charge in [-0.2, -0.15) is 5.10 Å². The monoisotopic (exact) mass is 379 g/mol. The van der Waals surface area contributed by atoms with E-state index in [9.17, 15) is 4.79 Å². The van der Waals surface area contributed by atoms with E-state index in [-0.39, 0.29) is 5.41 Å². The van der Waals surface area contributed by atoms with Gasteiger partial charge in [0.25, 0.3) is 0 Å². The van der Waals surface area contributed by atoms with Crippen LogP contribution in [0, 0.1) is 12.3 Å². The number of benzene rings is 1. The van der Waals surface area contributed by atoms with Crippen LogP contribution >= 0.6 is 11.3 Å². The maximum Gasteiger partial charge on any atom is 0.375 e. The summed E-state index contributed by atoms with van der Waals surface area (Å²) < 4.78 is 1.99. The topological polar surface area (TPSA) is 56.5 Å². The van der Waals surface area contributed by atoms with Gasteiger partial charge in [0, 0.05) is 5.56 Å². The summed E-state index contributed by atoms with van der Waals surface area (Å²) in [6.07, 6.45) is 1.62. The van der Waals surface area contributed by atoms with Gasteiger partial charge in [-0.1, -0.05) is 43.3 Å². The lowest BCUT2D eigenvalue weighted by Gasteiger charge is -2.30. The molecule has 5 nitrogen and oxygen atoms in total. The average molecular weight is 379 g/mol. The first-order valence-electron chi connectivity index (χ1n) is 8.91. The average Bonchev–Trinajstić information content (AvgIpc) is 3.28. The Morgan fingerprint density at radius 1 is 1.19 bits per heavy atom. The molecule has 2 aromatic heterocycles. The first-order chi connectivity index (χ1) is 12.9. The number of nitrogens with zero attached hydrogens (tertiary/aromatic N) is 3. The number of thiophene rings is 1. The number of oxime groups is 1. The van der Waals surface area contributed by atoms with Crippen LogP contribution in [0.4, 0.5) is 0 Å². The van der Waals surface area contributed by atoms with E-state index in [2.05, 4.69) is 19.0 Å². The first-order valence-corrected chi connectivity index (χ1v) is 9.78. The second kappa shape index (κ2) is 6.78. The molecule has 3 aromatic rings. The molecular formula is C21H21N3O2S. The molecule has 0 bridgehead atoms. The fourth-order valence-electron chi connectivity index (χ4n) is 3.57. The summed E-state index contributed by atoms with van der Waals surface area (Å²) in [6, 6.07) is 13.7. The summed E-state index contributed by atoms with van der Waals surface area (Å²) in [5.74, 6) is -0.421. The van der Waals surface area contributed by atoms with Crippen LogP contribution in [0.5, 0.6) is 0 Å². The molecule has 0 saturated carbocycles. The van der Waals surface area contributed by atoms with E-state index in [4.69, 9.17) is 9.94 Å². The number of aryl methyl sites for hydroxylation is 1. The lowest BCUT2D eigenvalue weighted by Crippen LogP contribution is -2.29. The fraction of sp³-hybridized carbons (Fsp3) is 0.286. The van der Waals surface area contributed by atoms with Crippen LogP contribution in [0.15, 0.2) is 53.0 Å². The molecule has 0 amide bonds. The van der Waals surface area contributed by atoms with Gasteiger partial charge in [0.15, 0.2) is 0 Å².